The van der Waals surface area contributed by atoms with Crippen molar-refractivity contribution in [2.24, 2.45) is 0 Å². The van der Waals surface area contributed by atoms with Crippen molar-refractivity contribution in [2.75, 3.05) is 5.32 Å². The lowest BCUT2D eigenvalue weighted by Gasteiger charge is -1.99. The molecule has 0 unspecified atom stereocenters. The molecule has 0 fully saturated rings. The summed E-state index contributed by atoms with van der Waals surface area (Å²) in [5.41, 5.74) is 0. The van der Waals surface area contributed by atoms with Gasteiger partial charge in [0.05, 0.1) is 6.20 Å². The molecule has 0 amide bonds. The van der Waals surface area contributed by atoms with E-state index in [0.29, 0.717) is 11.6 Å². The van der Waals surface area contributed by atoms with Crippen LogP contribution in [-0.4, -0.2) is 26.8 Å². The van der Waals surface area contributed by atoms with Gasteiger partial charge in [-0.2, -0.15) is 8.78 Å². The number of H-pyrrole nitrogens is 1. The summed E-state index contributed by atoms with van der Waals surface area (Å²) in [6.07, 6.45) is 4.49. The third-order valence-electron chi connectivity index (χ3n) is 1.59. The molecule has 0 spiro atoms. The van der Waals surface area contributed by atoms with E-state index in [0.717, 1.165) is 0 Å². The Morgan fingerprint density at radius 2 is 2.18 bits per heavy atom. The minimum absolute atomic E-state index is 0. The molecule has 0 aliphatic heterocycles. The van der Waals surface area contributed by atoms with Crippen molar-refractivity contribution in [3.05, 3.63) is 24.7 Å². The Bertz CT molecular complexity index is 452. The van der Waals surface area contributed by atoms with E-state index in [1.807, 2.05) is 0 Å². The van der Waals surface area contributed by atoms with E-state index in [4.69, 9.17) is 0 Å². The molecule has 6 nitrogen and oxygen atoms in total. The Kier molecular flexibility index (Phi) is 4.58. The van der Waals surface area contributed by atoms with Crippen molar-refractivity contribution in [3.63, 3.8) is 0 Å². The zero-order valence-corrected chi connectivity index (χ0v) is 9.12. The first kappa shape index (κ1) is 13.1. The van der Waals surface area contributed by atoms with E-state index in [9.17, 15) is 8.78 Å². The predicted octanol–water partition coefficient (Wildman–Crippen LogP) is 1.97. The van der Waals surface area contributed by atoms with Crippen molar-refractivity contribution >= 4 is 24.0 Å². The average molecular weight is 264 g/mol. The average Bonchev–Trinajstić information content (AvgIpc) is 2.66. The zero-order chi connectivity index (χ0) is 11.4. The molecule has 0 aliphatic carbocycles. The lowest BCUT2D eigenvalue weighted by molar-refractivity contribution is -0.0528. The number of halogens is 3. The summed E-state index contributed by atoms with van der Waals surface area (Å²) in [7, 11) is 0. The lowest BCUT2D eigenvalue weighted by atomic mass is 10.5. The fourth-order valence-electron chi connectivity index (χ4n) is 1.02. The molecule has 0 saturated heterocycles. The van der Waals surface area contributed by atoms with Crippen LogP contribution in [-0.2, 0) is 0 Å². The number of rotatable bonds is 4. The monoisotopic (exact) mass is 263 g/mol. The fraction of sp³-hybridized carbons (Fsp3) is 0.125. The quantitative estimate of drug-likeness (QED) is 0.882. The molecule has 0 saturated carbocycles. The molecule has 17 heavy (non-hydrogen) atoms. The second-order valence-corrected chi connectivity index (χ2v) is 2.71. The maximum Gasteiger partial charge on any atom is 0.388 e. The summed E-state index contributed by atoms with van der Waals surface area (Å²) in [4.78, 5) is 7.76. The highest BCUT2D eigenvalue weighted by atomic mass is 35.5. The van der Waals surface area contributed by atoms with Gasteiger partial charge in [-0.3, -0.25) is 10.1 Å². The molecule has 92 valence electrons. The summed E-state index contributed by atoms with van der Waals surface area (Å²) in [5.74, 6) is 0.660. The highest BCUT2D eigenvalue weighted by Crippen LogP contribution is 2.17. The first-order chi connectivity index (χ1) is 7.74. The van der Waals surface area contributed by atoms with Crippen molar-refractivity contribution in [2.45, 2.75) is 6.61 Å². The topological polar surface area (TPSA) is 75.7 Å². The maximum absolute atomic E-state index is 11.8. The largest absolute Gasteiger partial charge is 0.415 e. The Labute approximate surface area is 101 Å². The van der Waals surface area contributed by atoms with Crippen LogP contribution in [0.2, 0.25) is 0 Å². The summed E-state index contributed by atoms with van der Waals surface area (Å²) in [6.45, 7) is -2.90. The van der Waals surface area contributed by atoms with Crippen molar-refractivity contribution < 1.29 is 13.5 Å². The fourth-order valence-corrected chi connectivity index (χ4v) is 1.02. The lowest BCUT2D eigenvalue weighted by Crippen LogP contribution is -2.01. The van der Waals surface area contributed by atoms with Crippen molar-refractivity contribution in [1.29, 1.82) is 0 Å². The van der Waals surface area contributed by atoms with Gasteiger partial charge in [0.25, 0.3) is 0 Å². The molecule has 2 N–H and O–H groups in total. The number of nitrogens with zero attached hydrogens (tertiary/aromatic N) is 3. The SMILES string of the molecule is Cl.FC(F)Oc1cc(Nc2cnccn2)[nH]n1. The minimum atomic E-state index is -2.90. The Balaban J connectivity index is 0.00000144. The Morgan fingerprint density at radius 1 is 1.35 bits per heavy atom. The van der Waals surface area contributed by atoms with Crippen LogP contribution in [0, 0.1) is 0 Å². The van der Waals surface area contributed by atoms with Crippen LogP contribution in [0.5, 0.6) is 5.88 Å². The molecule has 2 heterocycles. The minimum Gasteiger partial charge on any atom is -0.415 e. The number of nitrogens with one attached hydrogen (secondary N) is 2. The summed E-state index contributed by atoms with van der Waals surface area (Å²) in [6, 6.07) is 1.29. The normalized spacial score (nSPS) is 9.82. The molecule has 0 aromatic carbocycles. The molecule has 2 aromatic heterocycles. The van der Waals surface area contributed by atoms with E-state index in [1.54, 1.807) is 0 Å². The number of aromatic nitrogens is 4. The van der Waals surface area contributed by atoms with Crippen LogP contribution in [0.1, 0.15) is 0 Å². The molecule has 0 aliphatic rings. The van der Waals surface area contributed by atoms with E-state index in [1.165, 1.54) is 24.7 Å². The highest BCUT2D eigenvalue weighted by Gasteiger charge is 2.08. The number of alkyl halides is 2. The van der Waals surface area contributed by atoms with Crippen LogP contribution in [0.15, 0.2) is 24.7 Å². The number of anilines is 2. The van der Waals surface area contributed by atoms with Gasteiger partial charge in [-0.05, 0) is 0 Å². The van der Waals surface area contributed by atoms with Gasteiger partial charge >= 0.3 is 6.61 Å². The van der Waals surface area contributed by atoms with E-state index in [-0.39, 0.29) is 18.3 Å². The predicted molar refractivity (Wildman–Crippen MR) is 57.8 cm³/mol. The summed E-state index contributed by atoms with van der Waals surface area (Å²) < 4.78 is 27.8. The third kappa shape index (κ3) is 3.83. The van der Waals surface area contributed by atoms with Gasteiger partial charge < -0.3 is 10.1 Å². The molecular weight excluding hydrogens is 256 g/mol. The number of hydrogen-bond acceptors (Lipinski definition) is 5. The van der Waals surface area contributed by atoms with Crippen LogP contribution >= 0.6 is 12.4 Å². The second kappa shape index (κ2) is 5.94. The van der Waals surface area contributed by atoms with Crippen LogP contribution in [0.25, 0.3) is 0 Å². The van der Waals surface area contributed by atoms with E-state index in [2.05, 4.69) is 30.2 Å². The van der Waals surface area contributed by atoms with Gasteiger partial charge in [0.1, 0.15) is 11.6 Å². The van der Waals surface area contributed by atoms with Gasteiger partial charge in [-0.15, -0.1) is 17.5 Å². The Hall–Kier alpha value is -1.96. The van der Waals surface area contributed by atoms with Gasteiger partial charge in [0, 0.05) is 18.5 Å². The standard InChI is InChI=1S/C8H7F2N5O.ClH/c9-8(10)16-7-3-5(14-15-7)13-6-4-11-1-2-12-6;/h1-4,8H,(H2,12,13,14,15);1H. The molecule has 0 bridgehead atoms. The van der Waals surface area contributed by atoms with Crippen molar-refractivity contribution in [1.82, 2.24) is 20.2 Å². The number of aromatic amines is 1. The number of ether oxygens (including phenoxy) is 1. The van der Waals surface area contributed by atoms with Gasteiger partial charge in [0.2, 0.25) is 5.88 Å². The molecule has 9 heteroatoms. The van der Waals surface area contributed by atoms with Gasteiger partial charge in [0.15, 0.2) is 0 Å². The second-order valence-electron chi connectivity index (χ2n) is 2.71. The zero-order valence-electron chi connectivity index (χ0n) is 8.30. The number of hydrogen-bond donors (Lipinski definition) is 2. The Morgan fingerprint density at radius 3 is 2.82 bits per heavy atom. The third-order valence-corrected chi connectivity index (χ3v) is 1.59. The summed E-state index contributed by atoms with van der Waals surface area (Å²) in [5, 5.41) is 8.77. The first-order valence-corrected chi connectivity index (χ1v) is 4.27. The highest BCUT2D eigenvalue weighted by molar-refractivity contribution is 5.85. The first-order valence-electron chi connectivity index (χ1n) is 4.27. The van der Waals surface area contributed by atoms with Gasteiger partial charge in [-0.25, -0.2) is 4.98 Å². The maximum atomic E-state index is 11.8. The van der Waals surface area contributed by atoms with Gasteiger partial charge in [-0.1, -0.05) is 0 Å². The van der Waals surface area contributed by atoms with E-state index >= 15 is 0 Å². The summed E-state index contributed by atoms with van der Waals surface area (Å²) >= 11 is 0. The smallest absolute Gasteiger partial charge is 0.388 e. The van der Waals surface area contributed by atoms with E-state index < -0.39 is 6.61 Å². The van der Waals surface area contributed by atoms with Crippen molar-refractivity contribution in [3.8, 4) is 5.88 Å². The van der Waals surface area contributed by atoms with Crippen LogP contribution < -0.4 is 10.1 Å². The molecule has 0 radical (unpaired) electrons. The molecule has 2 rings (SSSR count). The van der Waals surface area contributed by atoms with Crippen LogP contribution in [0.4, 0.5) is 20.4 Å². The molecule has 2 aromatic rings. The van der Waals surface area contributed by atoms with Crippen LogP contribution in [0.3, 0.4) is 0 Å². The molecular formula is C8H8ClF2N5O. The molecule has 0 atom stereocenters.